The summed E-state index contributed by atoms with van der Waals surface area (Å²) in [6.45, 7) is 0. The summed E-state index contributed by atoms with van der Waals surface area (Å²) in [4.78, 5) is 12.4. The maximum atomic E-state index is 11.9. The smallest absolute Gasteiger partial charge is 0.265 e. The fourth-order valence-corrected chi connectivity index (χ4v) is 2.20. The molecule has 0 bridgehead atoms. The Morgan fingerprint density at radius 1 is 1.44 bits per heavy atom. The Morgan fingerprint density at radius 2 is 2.22 bits per heavy atom. The monoisotopic (exact) mass is 283 g/mol. The molecule has 6 heteroatoms. The van der Waals surface area contributed by atoms with E-state index in [2.05, 4.69) is 5.32 Å². The Bertz CT molecular complexity index is 582. The molecule has 94 valence electrons. The van der Waals surface area contributed by atoms with Crippen LogP contribution in [0.1, 0.15) is 9.67 Å². The van der Waals surface area contributed by atoms with E-state index in [4.69, 9.17) is 16.3 Å². The van der Waals surface area contributed by atoms with Crippen molar-refractivity contribution in [3.05, 3.63) is 39.5 Å². The molecule has 0 aliphatic rings. The second-order valence-electron chi connectivity index (χ2n) is 3.47. The normalized spacial score (nSPS) is 10.1. The lowest BCUT2D eigenvalue weighted by molar-refractivity contribution is 0.103. The van der Waals surface area contributed by atoms with Gasteiger partial charge in [0.15, 0.2) is 0 Å². The molecule has 2 N–H and O–H groups in total. The zero-order valence-corrected chi connectivity index (χ0v) is 11.0. The highest BCUT2D eigenvalue weighted by Crippen LogP contribution is 2.27. The van der Waals surface area contributed by atoms with Crippen molar-refractivity contribution >= 4 is 34.5 Å². The number of phenolic OH excluding ortho intramolecular Hbond substituents is 1. The molecule has 2 rings (SSSR count). The molecule has 18 heavy (non-hydrogen) atoms. The Labute approximate surface area is 113 Å². The molecule has 0 atom stereocenters. The van der Waals surface area contributed by atoms with Crippen LogP contribution in [0.3, 0.4) is 0 Å². The van der Waals surface area contributed by atoms with Crippen LogP contribution in [-0.2, 0) is 0 Å². The molecule has 0 saturated heterocycles. The first-order valence-corrected chi connectivity index (χ1v) is 6.28. The molecule has 2 aromatic rings. The number of phenols is 1. The van der Waals surface area contributed by atoms with Crippen LogP contribution in [0.25, 0.3) is 0 Å². The Balaban J connectivity index is 2.13. The molecule has 0 radical (unpaired) electrons. The summed E-state index contributed by atoms with van der Waals surface area (Å²) in [5.74, 6) is 0.312. The molecule has 0 aliphatic heterocycles. The quantitative estimate of drug-likeness (QED) is 0.908. The second-order valence-corrected chi connectivity index (χ2v) is 4.79. The Hall–Kier alpha value is -1.72. The van der Waals surface area contributed by atoms with Gasteiger partial charge in [-0.05, 0) is 12.1 Å². The predicted molar refractivity (Wildman–Crippen MR) is 71.9 cm³/mol. The number of amides is 1. The highest BCUT2D eigenvalue weighted by molar-refractivity contribution is 7.12. The van der Waals surface area contributed by atoms with Gasteiger partial charge >= 0.3 is 0 Å². The lowest BCUT2D eigenvalue weighted by Crippen LogP contribution is -2.09. The van der Waals surface area contributed by atoms with Crippen LogP contribution in [0.2, 0.25) is 5.02 Å². The van der Waals surface area contributed by atoms with E-state index in [1.54, 1.807) is 24.6 Å². The van der Waals surface area contributed by atoms with Gasteiger partial charge in [-0.25, -0.2) is 0 Å². The average Bonchev–Trinajstić information content (AvgIpc) is 2.82. The molecule has 0 aliphatic carbocycles. The zero-order valence-electron chi connectivity index (χ0n) is 9.44. The van der Waals surface area contributed by atoms with Gasteiger partial charge in [0.1, 0.15) is 11.5 Å². The first kappa shape index (κ1) is 12.7. The van der Waals surface area contributed by atoms with Crippen LogP contribution in [0.5, 0.6) is 11.5 Å². The van der Waals surface area contributed by atoms with E-state index in [1.807, 2.05) is 0 Å². The van der Waals surface area contributed by atoms with Crippen molar-refractivity contribution in [2.75, 3.05) is 12.4 Å². The molecule has 1 aromatic heterocycles. The van der Waals surface area contributed by atoms with Crippen molar-refractivity contribution in [3.63, 3.8) is 0 Å². The number of rotatable bonds is 3. The molecular formula is C12H10ClNO3S. The predicted octanol–water partition coefficient (Wildman–Crippen LogP) is 3.37. The number of anilines is 1. The molecule has 1 amide bonds. The molecule has 0 spiro atoms. The molecule has 1 heterocycles. The van der Waals surface area contributed by atoms with E-state index < -0.39 is 0 Å². The number of hydrogen-bond donors (Lipinski definition) is 2. The van der Waals surface area contributed by atoms with Gasteiger partial charge < -0.3 is 15.2 Å². The third-order valence-corrected chi connectivity index (χ3v) is 3.47. The van der Waals surface area contributed by atoms with E-state index in [9.17, 15) is 9.90 Å². The Kier molecular flexibility index (Phi) is 3.74. The van der Waals surface area contributed by atoms with E-state index >= 15 is 0 Å². The summed E-state index contributed by atoms with van der Waals surface area (Å²) in [6, 6.07) is 6.17. The lowest BCUT2D eigenvalue weighted by Gasteiger charge is -2.04. The third-order valence-electron chi connectivity index (χ3n) is 2.24. The zero-order chi connectivity index (χ0) is 13.1. The first-order valence-electron chi connectivity index (χ1n) is 5.02. The Morgan fingerprint density at radius 3 is 2.83 bits per heavy atom. The van der Waals surface area contributed by atoms with Gasteiger partial charge in [-0.2, -0.15) is 0 Å². The molecule has 4 nitrogen and oxygen atoms in total. The number of aromatic hydroxyl groups is 1. The molecule has 0 unspecified atom stereocenters. The number of thiophene rings is 1. The molecular weight excluding hydrogens is 274 g/mol. The van der Waals surface area contributed by atoms with Crippen LogP contribution in [-0.4, -0.2) is 18.1 Å². The van der Waals surface area contributed by atoms with E-state index in [-0.39, 0.29) is 16.7 Å². The van der Waals surface area contributed by atoms with Crippen LogP contribution in [0, 0.1) is 0 Å². The number of nitrogens with one attached hydrogen (secondary N) is 1. The minimum Gasteiger partial charge on any atom is -0.506 e. The maximum absolute atomic E-state index is 11.9. The second kappa shape index (κ2) is 5.29. The van der Waals surface area contributed by atoms with Crippen LogP contribution in [0.15, 0.2) is 29.6 Å². The van der Waals surface area contributed by atoms with Crippen LogP contribution < -0.4 is 10.1 Å². The van der Waals surface area contributed by atoms with Gasteiger partial charge in [-0.3, -0.25) is 4.79 Å². The number of ether oxygens (including phenoxy) is 1. The number of carbonyl (C=O) groups excluding carboxylic acids is 1. The van der Waals surface area contributed by atoms with Gasteiger partial charge in [0.25, 0.3) is 5.91 Å². The van der Waals surface area contributed by atoms with Crippen molar-refractivity contribution in [2.24, 2.45) is 0 Å². The standard InChI is InChI=1S/C12H10ClNO3S/c1-17-8-5-11(18-6-8)12(16)14-7-2-3-9(13)10(15)4-7/h2-6,15H,1H3,(H,14,16). The highest BCUT2D eigenvalue weighted by Gasteiger charge is 2.10. The van der Waals surface area contributed by atoms with Crippen molar-refractivity contribution in [1.82, 2.24) is 0 Å². The van der Waals surface area contributed by atoms with Crippen LogP contribution >= 0.6 is 22.9 Å². The molecule has 0 saturated carbocycles. The minimum atomic E-state index is -0.259. The van der Waals surface area contributed by atoms with Gasteiger partial charge in [0, 0.05) is 23.2 Å². The van der Waals surface area contributed by atoms with Crippen molar-refractivity contribution < 1.29 is 14.6 Å². The largest absolute Gasteiger partial charge is 0.506 e. The maximum Gasteiger partial charge on any atom is 0.265 e. The van der Waals surface area contributed by atoms with E-state index in [0.29, 0.717) is 16.3 Å². The van der Waals surface area contributed by atoms with Crippen LogP contribution in [0.4, 0.5) is 5.69 Å². The van der Waals surface area contributed by atoms with Gasteiger partial charge in [-0.15, -0.1) is 11.3 Å². The topological polar surface area (TPSA) is 58.6 Å². The average molecular weight is 284 g/mol. The number of carbonyl (C=O) groups is 1. The van der Waals surface area contributed by atoms with Gasteiger partial charge in [0.2, 0.25) is 0 Å². The van der Waals surface area contributed by atoms with Crippen molar-refractivity contribution in [3.8, 4) is 11.5 Å². The third kappa shape index (κ3) is 2.75. The summed E-state index contributed by atoms with van der Waals surface area (Å²) >= 11 is 6.96. The van der Waals surface area contributed by atoms with Crippen molar-refractivity contribution in [1.29, 1.82) is 0 Å². The van der Waals surface area contributed by atoms with Gasteiger partial charge in [0.05, 0.1) is 17.0 Å². The summed E-state index contributed by atoms with van der Waals surface area (Å²) in [7, 11) is 1.54. The summed E-state index contributed by atoms with van der Waals surface area (Å²) in [5, 5.41) is 14.1. The molecule has 0 fully saturated rings. The number of methoxy groups -OCH3 is 1. The van der Waals surface area contributed by atoms with Crippen molar-refractivity contribution in [2.45, 2.75) is 0 Å². The SMILES string of the molecule is COc1csc(C(=O)Nc2ccc(Cl)c(O)c2)c1. The van der Waals surface area contributed by atoms with E-state index in [1.165, 1.54) is 23.5 Å². The number of halogens is 1. The summed E-state index contributed by atoms with van der Waals surface area (Å²) < 4.78 is 5.00. The fourth-order valence-electron chi connectivity index (χ4n) is 1.33. The van der Waals surface area contributed by atoms with Gasteiger partial charge in [-0.1, -0.05) is 11.6 Å². The highest BCUT2D eigenvalue weighted by atomic mass is 35.5. The van der Waals surface area contributed by atoms with E-state index in [0.717, 1.165) is 0 Å². The summed E-state index contributed by atoms with van der Waals surface area (Å²) in [6.07, 6.45) is 0. The molecule has 1 aromatic carbocycles. The lowest BCUT2D eigenvalue weighted by atomic mass is 10.3. The first-order chi connectivity index (χ1) is 8.60. The summed E-state index contributed by atoms with van der Waals surface area (Å²) in [5.41, 5.74) is 0.481. The number of hydrogen-bond acceptors (Lipinski definition) is 4. The minimum absolute atomic E-state index is 0.0711. The fraction of sp³-hybridized carbons (Fsp3) is 0.0833. The number of benzene rings is 1.